The summed E-state index contributed by atoms with van der Waals surface area (Å²) in [5, 5.41) is 9.51. The van der Waals surface area contributed by atoms with Crippen LogP contribution in [0.1, 0.15) is 42.7 Å². The zero-order chi connectivity index (χ0) is 16.3. The molecule has 0 unspecified atom stereocenters. The Morgan fingerprint density at radius 1 is 1.36 bits per heavy atom. The number of aliphatic hydroxyl groups is 1. The van der Waals surface area contributed by atoms with Crippen LogP contribution < -0.4 is 4.72 Å². The highest BCUT2D eigenvalue weighted by Crippen LogP contribution is 2.23. The molecule has 2 aromatic rings. The van der Waals surface area contributed by atoms with Crippen molar-refractivity contribution in [1.29, 1.82) is 0 Å². The van der Waals surface area contributed by atoms with Crippen LogP contribution in [-0.4, -0.2) is 29.6 Å². The van der Waals surface area contributed by atoms with Gasteiger partial charge in [0.2, 0.25) is 0 Å². The maximum atomic E-state index is 12.1. The lowest BCUT2D eigenvalue weighted by Crippen LogP contribution is -2.26. The van der Waals surface area contributed by atoms with Gasteiger partial charge in [-0.15, -0.1) is 11.3 Å². The maximum absolute atomic E-state index is 12.1. The fourth-order valence-electron chi connectivity index (χ4n) is 1.87. The Labute approximate surface area is 134 Å². The topological polar surface area (TPSA) is 84.2 Å². The monoisotopic (exact) mass is 343 g/mol. The summed E-state index contributed by atoms with van der Waals surface area (Å²) in [7, 11) is -3.58. The summed E-state index contributed by atoms with van der Waals surface area (Å²) in [4.78, 5) is 5.86. The number of hydrogen-bond donors (Lipinski definition) is 2. The van der Waals surface area contributed by atoms with Gasteiger partial charge >= 0.3 is 0 Å². The van der Waals surface area contributed by atoms with Gasteiger partial charge in [0.05, 0.1) is 12.4 Å². The molecule has 0 spiro atoms. The van der Waals surface area contributed by atoms with E-state index in [1.807, 2.05) is 26.0 Å². The molecule has 0 radical (unpaired) electrons. The van der Waals surface area contributed by atoms with Gasteiger partial charge in [-0.2, -0.15) is 0 Å². The Hall–Kier alpha value is -1.22. The molecule has 1 atom stereocenters. The maximum Gasteiger partial charge on any atom is 0.259 e. The Kier molecular flexibility index (Phi) is 5.38. The molecule has 0 saturated carbocycles. The number of sulfonamides is 1. The third-order valence-electron chi connectivity index (χ3n) is 3.21. The summed E-state index contributed by atoms with van der Waals surface area (Å²) in [6, 6.07) is 3.94. The summed E-state index contributed by atoms with van der Waals surface area (Å²) in [6.07, 6.45) is 3.15. The number of aromatic nitrogens is 2. The molecule has 2 rings (SSSR count). The molecule has 0 bridgehead atoms. The van der Waals surface area contributed by atoms with Gasteiger partial charge in [0.1, 0.15) is 0 Å². The Bertz CT molecular complexity index is 717. The number of hydrogen-bond acceptors (Lipinski definition) is 5. The fourth-order valence-corrected chi connectivity index (χ4v) is 3.79. The molecule has 122 valence electrons. The van der Waals surface area contributed by atoms with E-state index in [0.29, 0.717) is 13.0 Å². The highest BCUT2D eigenvalue weighted by molar-refractivity contribution is 7.89. The summed E-state index contributed by atoms with van der Waals surface area (Å²) in [6.45, 7) is 5.93. The van der Waals surface area contributed by atoms with Gasteiger partial charge in [-0.1, -0.05) is 0 Å². The molecule has 22 heavy (non-hydrogen) atoms. The second-order valence-corrected chi connectivity index (χ2v) is 8.29. The van der Waals surface area contributed by atoms with Crippen molar-refractivity contribution >= 4 is 21.4 Å². The Morgan fingerprint density at radius 3 is 2.64 bits per heavy atom. The third kappa shape index (κ3) is 4.16. The van der Waals surface area contributed by atoms with E-state index in [1.165, 1.54) is 23.9 Å². The van der Waals surface area contributed by atoms with Gasteiger partial charge in [-0.25, -0.2) is 18.1 Å². The molecule has 0 aromatic carbocycles. The number of nitrogens with one attached hydrogen (secondary N) is 1. The molecule has 8 heteroatoms. The first kappa shape index (κ1) is 17.1. The van der Waals surface area contributed by atoms with E-state index in [-0.39, 0.29) is 11.1 Å². The van der Waals surface area contributed by atoms with Crippen molar-refractivity contribution in [3.8, 4) is 0 Å². The molecule has 2 N–H and O–H groups in total. The summed E-state index contributed by atoms with van der Waals surface area (Å²) < 4.78 is 28.6. The molecule has 2 heterocycles. The molecule has 0 aliphatic heterocycles. The molecule has 0 saturated heterocycles. The second kappa shape index (κ2) is 6.91. The number of imidazole rings is 1. The number of thiophene rings is 1. The molecule has 0 fully saturated rings. The molecule has 2 aromatic heterocycles. The van der Waals surface area contributed by atoms with E-state index in [2.05, 4.69) is 9.71 Å². The predicted molar refractivity (Wildman–Crippen MR) is 86.5 cm³/mol. The SMILES string of the molecule is CC(C)n1cnc(S(=O)(=O)NCCc2ccc([C@@H](C)O)s2)c1. The van der Waals surface area contributed by atoms with Crippen molar-refractivity contribution in [2.24, 2.45) is 0 Å². The van der Waals surface area contributed by atoms with Crippen LogP contribution in [0.15, 0.2) is 29.7 Å². The van der Waals surface area contributed by atoms with Crippen LogP contribution in [0.5, 0.6) is 0 Å². The zero-order valence-corrected chi connectivity index (χ0v) is 14.5. The van der Waals surface area contributed by atoms with Crippen molar-refractivity contribution in [1.82, 2.24) is 14.3 Å². The molecule has 0 amide bonds. The van der Waals surface area contributed by atoms with E-state index in [0.717, 1.165) is 9.75 Å². The molecular formula is C14H21N3O3S2. The lowest BCUT2D eigenvalue weighted by molar-refractivity contribution is 0.203. The van der Waals surface area contributed by atoms with E-state index in [1.54, 1.807) is 11.5 Å². The van der Waals surface area contributed by atoms with Crippen molar-refractivity contribution < 1.29 is 13.5 Å². The fraction of sp³-hybridized carbons (Fsp3) is 0.500. The standard InChI is InChI=1S/C14H21N3O3S2/c1-10(2)17-8-14(15-9-17)22(19,20)16-7-6-12-4-5-13(21-12)11(3)18/h4-5,8-11,16,18H,6-7H2,1-3H3/t11-/m1/s1. The summed E-state index contributed by atoms with van der Waals surface area (Å²) >= 11 is 1.49. The van der Waals surface area contributed by atoms with Crippen LogP contribution in [0.25, 0.3) is 0 Å². The van der Waals surface area contributed by atoms with Crippen LogP contribution in [0, 0.1) is 0 Å². The van der Waals surface area contributed by atoms with Crippen LogP contribution in [0.2, 0.25) is 0 Å². The Balaban J connectivity index is 1.94. The van der Waals surface area contributed by atoms with Crippen molar-refractivity contribution in [3.63, 3.8) is 0 Å². The third-order valence-corrected chi connectivity index (χ3v) is 5.87. The quantitative estimate of drug-likeness (QED) is 0.806. The lowest BCUT2D eigenvalue weighted by atomic mass is 10.3. The van der Waals surface area contributed by atoms with Gasteiger partial charge in [0.25, 0.3) is 10.0 Å². The van der Waals surface area contributed by atoms with E-state index in [9.17, 15) is 13.5 Å². The highest BCUT2D eigenvalue weighted by Gasteiger charge is 2.17. The van der Waals surface area contributed by atoms with Crippen LogP contribution in [0.4, 0.5) is 0 Å². The van der Waals surface area contributed by atoms with Gasteiger partial charge in [-0.05, 0) is 39.3 Å². The van der Waals surface area contributed by atoms with Gasteiger partial charge in [0, 0.05) is 28.5 Å². The average Bonchev–Trinajstić information content (AvgIpc) is 3.07. The molecule has 0 aliphatic rings. The Morgan fingerprint density at radius 2 is 2.09 bits per heavy atom. The smallest absolute Gasteiger partial charge is 0.259 e. The van der Waals surface area contributed by atoms with Gasteiger partial charge in [0.15, 0.2) is 5.03 Å². The number of nitrogens with zero attached hydrogens (tertiary/aromatic N) is 2. The molecular weight excluding hydrogens is 322 g/mol. The molecule has 0 aliphatic carbocycles. The summed E-state index contributed by atoms with van der Waals surface area (Å²) in [5.41, 5.74) is 0. The second-order valence-electron chi connectivity index (χ2n) is 5.38. The lowest BCUT2D eigenvalue weighted by Gasteiger charge is -2.05. The van der Waals surface area contributed by atoms with Crippen LogP contribution in [-0.2, 0) is 16.4 Å². The highest BCUT2D eigenvalue weighted by atomic mass is 32.2. The van der Waals surface area contributed by atoms with Crippen molar-refractivity contribution in [3.05, 3.63) is 34.4 Å². The predicted octanol–water partition coefficient (Wildman–Crippen LogP) is 2.10. The first-order valence-electron chi connectivity index (χ1n) is 7.09. The minimum atomic E-state index is -3.58. The van der Waals surface area contributed by atoms with Crippen molar-refractivity contribution in [2.45, 2.75) is 44.4 Å². The zero-order valence-electron chi connectivity index (χ0n) is 12.9. The van der Waals surface area contributed by atoms with E-state index < -0.39 is 16.1 Å². The van der Waals surface area contributed by atoms with E-state index in [4.69, 9.17) is 0 Å². The van der Waals surface area contributed by atoms with Crippen molar-refractivity contribution in [2.75, 3.05) is 6.54 Å². The largest absolute Gasteiger partial charge is 0.388 e. The summed E-state index contributed by atoms with van der Waals surface area (Å²) in [5.74, 6) is 0. The normalized spacial score (nSPS) is 13.7. The van der Waals surface area contributed by atoms with Crippen LogP contribution in [0.3, 0.4) is 0 Å². The first-order valence-corrected chi connectivity index (χ1v) is 9.39. The van der Waals surface area contributed by atoms with Gasteiger partial charge < -0.3 is 9.67 Å². The average molecular weight is 343 g/mol. The van der Waals surface area contributed by atoms with Crippen LogP contribution >= 0.6 is 11.3 Å². The first-order chi connectivity index (χ1) is 10.3. The van der Waals surface area contributed by atoms with Gasteiger partial charge in [-0.3, -0.25) is 0 Å². The number of aliphatic hydroxyl groups excluding tert-OH is 1. The number of rotatable bonds is 7. The minimum Gasteiger partial charge on any atom is -0.388 e. The minimum absolute atomic E-state index is 0.0389. The van der Waals surface area contributed by atoms with E-state index >= 15 is 0 Å². The molecule has 6 nitrogen and oxygen atoms in total.